The summed E-state index contributed by atoms with van der Waals surface area (Å²) in [7, 11) is 0. The maximum Gasteiger partial charge on any atom is 0.135 e. The molecule has 1 aromatic heterocycles. The molecule has 1 aliphatic heterocycles. The summed E-state index contributed by atoms with van der Waals surface area (Å²) in [6.07, 6.45) is 2.15. The van der Waals surface area contributed by atoms with Gasteiger partial charge in [0.05, 0.1) is 12.1 Å². The predicted molar refractivity (Wildman–Crippen MR) is 77.4 cm³/mol. The van der Waals surface area contributed by atoms with Crippen molar-refractivity contribution >= 4 is 11.6 Å². The molecule has 0 amide bonds. The Morgan fingerprint density at radius 2 is 2.11 bits per heavy atom. The second kappa shape index (κ2) is 5.33. The van der Waals surface area contributed by atoms with Crippen molar-refractivity contribution in [2.24, 2.45) is 0 Å². The highest BCUT2D eigenvalue weighted by Gasteiger charge is 2.29. The smallest absolute Gasteiger partial charge is 0.135 e. The zero-order valence-corrected chi connectivity index (χ0v) is 12.3. The number of nitrogens with one attached hydrogen (secondary N) is 1. The number of rotatable bonds is 3. The molecule has 5 nitrogen and oxygen atoms in total. The Labute approximate surface area is 115 Å². The molecule has 0 saturated carbocycles. The lowest BCUT2D eigenvalue weighted by Gasteiger charge is -2.35. The number of ether oxygens (including phenoxy) is 1. The van der Waals surface area contributed by atoms with E-state index in [1.165, 1.54) is 0 Å². The molecule has 1 atom stereocenters. The van der Waals surface area contributed by atoms with E-state index < -0.39 is 0 Å². The average molecular weight is 264 g/mol. The van der Waals surface area contributed by atoms with E-state index in [9.17, 15) is 0 Å². The number of hydrogen-bond donors (Lipinski definition) is 2. The summed E-state index contributed by atoms with van der Waals surface area (Å²) in [5.74, 6) is 2.44. The minimum atomic E-state index is -0.0714. The molecule has 0 radical (unpaired) electrons. The van der Waals surface area contributed by atoms with Gasteiger partial charge in [0.15, 0.2) is 0 Å². The Hall–Kier alpha value is -1.36. The molecule has 2 rings (SSSR count). The minimum Gasteiger partial charge on any atom is -0.383 e. The molecular formula is C14H24N4O. The summed E-state index contributed by atoms with van der Waals surface area (Å²) in [4.78, 5) is 8.96. The number of nitrogen functional groups attached to an aromatic ring is 1. The van der Waals surface area contributed by atoms with Crippen LogP contribution in [0.5, 0.6) is 0 Å². The van der Waals surface area contributed by atoms with Crippen LogP contribution in [0.1, 0.15) is 50.9 Å². The lowest BCUT2D eigenvalue weighted by atomic mass is 9.94. The van der Waals surface area contributed by atoms with Crippen LogP contribution in [0.25, 0.3) is 0 Å². The molecule has 0 bridgehead atoms. The third kappa shape index (κ3) is 3.15. The van der Waals surface area contributed by atoms with E-state index in [-0.39, 0.29) is 11.5 Å². The standard InChI is InChI=1S/C14H24N4O/c1-9(2)12-16-11(15)10(3)13(17-12)18-14(4)6-5-7-19-8-14/h9H,5-8H2,1-4H3,(H3,15,16,17,18). The first-order valence-electron chi connectivity index (χ1n) is 6.91. The van der Waals surface area contributed by atoms with Crippen molar-refractivity contribution in [2.75, 3.05) is 24.3 Å². The molecule has 1 saturated heterocycles. The molecule has 1 fully saturated rings. The first-order valence-corrected chi connectivity index (χ1v) is 6.91. The fraction of sp³-hybridized carbons (Fsp3) is 0.714. The molecule has 2 heterocycles. The van der Waals surface area contributed by atoms with E-state index in [0.717, 1.165) is 36.7 Å². The summed E-state index contributed by atoms with van der Waals surface area (Å²) < 4.78 is 5.57. The van der Waals surface area contributed by atoms with Gasteiger partial charge in [0.1, 0.15) is 17.5 Å². The summed E-state index contributed by atoms with van der Waals surface area (Å²) in [5, 5.41) is 3.51. The normalized spacial score (nSPS) is 23.6. The van der Waals surface area contributed by atoms with Crippen molar-refractivity contribution in [3.8, 4) is 0 Å². The van der Waals surface area contributed by atoms with Crippen LogP contribution in [0.3, 0.4) is 0 Å². The lowest BCUT2D eigenvalue weighted by Crippen LogP contribution is -2.43. The molecule has 3 N–H and O–H groups in total. The van der Waals surface area contributed by atoms with E-state index in [1.54, 1.807) is 0 Å². The lowest BCUT2D eigenvalue weighted by molar-refractivity contribution is 0.0538. The van der Waals surface area contributed by atoms with Crippen molar-refractivity contribution in [1.29, 1.82) is 0 Å². The van der Waals surface area contributed by atoms with Gasteiger partial charge in [-0.2, -0.15) is 0 Å². The zero-order chi connectivity index (χ0) is 14.0. The summed E-state index contributed by atoms with van der Waals surface area (Å²) in [5.41, 5.74) is 6.83. The molecule has 0 aromatic carbocycles. The van der Waals surface area contributed by atoms with Crippen molar-refractivity contribution in [1.82, 2.24) is 9.97 Å². The van der Waals surface area contributed by atoms with Crippen LogP contribution in [0.4, 0.5) is 11.6 Å². The average Bonchev–Trinajstić information content (AvgIpc) is 2.35. The number of nitrogens with zero attached hydrogens (tertiary/aromatic N) is 2. The first kappa shape index (κ1) is 14.1. The predicted octanol–water partition coefficient (Wildman–Crippen LogP) is 2.47. The van der Waals surface area contributed by atoms with Crippen molar-refractivity contribution in [3.05, 3.63) is 11.4 Å². The van der Waals surface area contributed by atoms with Crippen LogP contribution in [0, 0.1) is 6.92 Å². The molecule has 106 valence electrons. The summed E-state index contributed by atoms with van der Waals surface area (Å²) >= 11 is 0. The molecule has 1 aliphatic rings. The van der Waals surface area contributed by atoms with Crippen molar-refractivity contribution in [2.45, 2.75) is 52.0 Å². The second-order valence-electron chi connectivity index (χ2n) is 5.94. The Morgan fingerprint density at radius 1 is 1.37 bits per heavy atom. The van der Waals surface area contributed by atoms with Gasteiger partial charge in [-0.1, -0.05) is 13.8 Å². The molecule has 5 heteroatoms. The van der Waals surface area contributed by atoms with Gasteiger partial charge in [0.25, 0.3) is 0 Å². The van der Waals surface area contributed by atoms with Crippen LogP contribution >= 0.6 is 0 Å². The van der Waals surface area contributed by atoms with E-state index in [1.807, 2.05) is 6.92 Å². The molecule has 1 aromatic rings. The summed E-state index contributed by atoms with van der Waals surface area (Å²) in [6.45, 7) is 9.80. The van der Waals surface area contributed by atoms with Gasteiger partial charge in [0, 0.05) is 18.1 Å². The van der Waals surface area contributed by atoms with E-state index in [2.05, 4.69) is 36.1 Å². The fourth-order valence-electron chi connectivity index (χ4n) is 2.25. The first-order chi connectivity index (χ1) is 8.91. The van der Waals surface area contributed by atoms with Crippen LogP contribution in [-0.4, -0.2) is 28.7 Å². The van der Waals surface area contributed by atoms with Gasteiger partial charge >= 0.3 is 0 Å². The molecule has 0 spiro atoms. The van der Waals surface area contributed by atoms with Crippen molar-refractivity contribution in [3.63, 3.8) is 0 Å². The monoisotopic (exact) mass is 264 g/mol. The molecular weight excluding hydrogens is 240 g/mol. The van der Waals surface area contributed by atoms with Gasteiger partial charge < -0.3 is 15.8 Å². The zero-order valence-electron chi connectivity index (χ0n) is 12.3. The molecule has 0 aliphatic carbocycles. The van der Waals surface area contributed by atoms with Gasteiger partial charge in [-0.15, -0.1) is 0 Å². The van der Waals surface area contributed by atoms with Gasteiger partial charge in [-0.25, -0.2) is 9.97 Å². The number of hydrogen-bond acceptors (Lipinski definition) is 5. The fourth-order valence-corrected chi connectivity index (χ4v) is 2.25. The minimum absolute atomic E-state index is 0.0714. The quantitative estimate of drug-likeness (QED) is 0.877. The summed E-state index contributed by atoms with van der Waals surface area (Å²) in [6, 6.07) is 0. The van der Waals surface area contributed by atoms with Gasteiger partial charge in [-0.3, -0.25) is 0 Å². The molecule has 1 unspecified atom stereocenters. The third-order valence-electron chi connectivity index (χ3n) is 3.58. The van der Waals surface area contributed by atoms with Gasteiger partial charge in [0.2, 0.25) is 0 Å². The number of anilines is 2. The largest absolute Gasteiger partial charge is 0.383 e. The van der Waals surface area contributed by atoms with Crippen LogP contribution in [0.15, 0.2) is 0 Å². The van der Waals surface area contributed by atoms with Crippen LogP contribution in [0.2, 0.25) is 0 Å². The van der Waals surface area contributed by atoms with E-state index >= 15 is 0 Å². The Kier molecular flexibility index (Phi) is 3.94. The van der Waals surface area contributed by atoms with Gasteiger partial charge in [-0.05, 0) is 26.7 Å². The maximum absolute atomic E-state index is 5.99. The second-order valence-corrected chi connectivity index (χ2v) is 5.94. The number of aromatic nitrogens is 2. The highest BCUT2D eigenvalue weighted by molar-refractivity contribution is 5.56. The van der Waals surface area contributed by atoms with E-state index in [0.29, 0.717) is 12.4 Å². The highest BCUT2D eigenvalue weighted by Crippen LogP contribution is 2.27. The Balaban J connectivity index is 2.28. The third-order valence-corrected chi connectivity index (χ3v) is 3.58. The Morgan fingerprint density at radius 3 is 2.68 bits per heavy atom. The highest BCUT2D eigenvalue weighted by atomic mass is 16.5. The van der Waals surface area contributed by atoms with E-state index in [4.69, 9.17) is 10.5 Å². The maximum atomic E-state index is 5.99. The van der Waals surface area contributed by atoms with Crippen LogP contribution in [-0.2, 0) is 4.74 Å². The Bertz CT molecular complexity index is 453. The number of nitrogens with two attached hydrogens (primary N) is 1. The molecule has 19 heavy (non-hydrogen) atoms. The SMILES string of the molecule is Cc1c(N)nc(C(C)C)nc1NC1(C)CCCOC1. The van der Waals surface area contributed by atoms with Crippen molar-refractivity contribution < 1.29 is 4.74 Å². The van der Waals surface area contributed by atoms with Crippen LogP contribution < -0.4 is 11.1 Å². The topological polar surface area (TPSA) is 73.1 Å².